The fraction of sp³-hybridized carbons (Fsp3) is 0.0588. The number of aryl methyl sites for hydroxylation is 1. The van der Waals surface area contributed by atoms with E-state index in [0.29, 0.717) is 11.5 Å². The van der Waals surface area contributed by atoms with E-state index < -0.39 is 5.82 Å². The van der Waals surface area contributed by atoms with E-state index in [4.69, 9.17) is 10.3 Å². The largest absolute Gasteiger partial charge is 0.382 e. The maximum atomic E-state index is 13.4. The standard InChI is InChI=1S/C17H13FN6O/c1-10-5-7-11(8-6-10)16-20-17(25-22-16)14-15(19)24(23-21-14)13-4-2-3-12(18)9-13/h2-9H,19H2,1H3. The molecule has 0 aliphatic rings. The van der Waals surface area contributed by atoms with Gasteiger partial charge in [-0.3, -0.25) is 0 Å². The van der Waals surface area contributed by atoms with Crippen molar-refractivity contribution >= 4 is 5.82 Å². The summed E-state index contributed by atoms with van der Waals surface area (Å²) in [6.45, 7) is 2.00. The topological polar surface area (TPSA) is 95.7 Å². The zero-order valence-corrected chi connectivity index (χ0v) is 13.2. The molecule has 2 aromatic heterocycles. The minimum Gasteiger partial charge on any atom is -0.382 e. The van der Waals surface area contributed by atoms with Crippen molar-refractivity contribution in [2.45, 2.75) is 6.92 Å². The van der Waals surface area contributed by atoms with E-state index in [9.17, 15) is 4.39 Å². The molecule has 2 aromatic carbocycles. The number of anilines is 1. The van der Waals surface area contributed by atoms with Crippen LogP contribution >= 0.6 is 0 Å². The minimum absolute atomic E-state index is 0.149. The number of hydrogen-bond donors (Lipinski definition) is 1. The number of hydrogen-bond acceptors (Lipinski definition) is 6. The summed E-state index contributed by atoms with van der Waals surface area (Å²) in [6, 6.07) is 13.6. The molecule has 0 spiro atoms. The molecule has 0 fully saturated rings. The Morgan fingerprint density at radius 2 is 1.92 bits per heavy atom. The Kier molecular flexibility index (Phi) is 3.50. The van der Waals surface area contributed by atoms with Gasteiger partial charge < -0.3 is 10.3 Å². The molecule has 8 heteroatoms. The number of nitrogen functional groups attached to an aromatic ring is 1. The van der Waals surface area contributed by atoms with Crippen LogP contribution in [0.5, 0.6) is 0 Å². The number of rotatable bonds is 3. The lowest BCUT2D eigenvalue weighted by Crippen LogP contribution is -2.02. The van der Waals surface area contributed by atoms with Crippen LogP contribution in [-0.4, -0.2) is 25.1 Å². The second-order valence-electron chi connectivity index (χ2n) is 5.50. The fourth-order valence-electron chi connectivity index (χ4n) is 2.38. The van der Waals surface area contributed by atoms with Gasteiger partial charge in [-0.1, -0.05) is 46.3 Å². The molecular formula is C17H13FN6O. The van der Waals surface area contributed by atoms with Crippen molar-refractivity contribution in [3.8, 4) is 28.7 Å². The Morgan fingerprint density at radius 3 is 2.68 bits per heavy atom. The maximum absolute atomic E-state index is 13.4. The molecule has 124 valence electrons. The van der Waals surface area contributed by atoms with Crippen molar-refractivity contribution in [2.24, 2.45) is 0 Å². The third kappa shape index (κ3) is 2.74. The van der Waals surface area contributed by atoms with Gasteiger partial charge in [0.25, 0.3) is 5.89 Å². The average molecular weight is 336 g/mol. The Bertz CT molecular complexity index is 1040. The fourth-order valence-corrected chi connectivity index (χ4v) is 2.38. The molecule has 2 N–H and O–H groups in total. The summed E-state index contributed by atoms with van der Waals surface area (Å²) < 4.78 is 20.0. The van der Waals surface area contributed by atoms with E-state index in [1.54, 1.807) is 12.1 Å². The summed E-state index contributed by atoms with van der Waals surface area (Å²) >= 11 is 0. The van der Waals surface area contributed by atoms with E-state index in [1.165, 1.54) is 16.8 Å². The summed E-state index contributed by atoms with van der Waals surface area (Å²) in [4.78, 5) is 4.32. The van der Waals surface area contributed by atoms with Gasteiger partial charge in [0.1, 0.15) is 5.82 Å². The molecular weight excluding hydrogens is 323 g/mol. The Hall–Kier alpha value is -3.55. The Balaban J connectivity index is 1.71. The second kappa shape index (κ2) is 5.82. The van der Waals surface area contributed by atoms with Gasteiger partial charge in [0.15, 0.2) is 11.5 Å². The van der Waals surface area contributed by atoms with Crippen LogP contribution < -0.4 is 5.73 Å². The summed E-state index contributed by atoms with van der Waals surface area (Å²) in [5.74, 6) is 0.364. The SMILES string of the molecule is Cc1ccc(-c2noc(-c3nnn(-c4cccc(F)c4)c3N)n2)cc1. The van der Waals surface area contributed by atoms with Gasteiger partial charge in [-0.15, -0.1) is 5.10 Å². The van der Waals surface area contributed by atoms with Crippen LogP contribution in [0.1, 0.15) is 5.56 Å². The molecule has 0 amide bonds. The lowest BCUT2D eigenvalue weighted by atomic mass is 10.1. The van der Waals surface area contributed by atoms with Crippen LogP contribution in [0, 0.1) is 12.7 Å². The molecule has 0 atom stereocenters. The van der Waals surface area contributed by atoms with Crippen LogP contribution in [-0.2, 0) is 0 Å². The molecule has 0 radical (unpaired) electrons. The highest BCUT2D eigenvalue weighted by Crippen LogP contribution is 2.26. The van der Waals surface area contributed by atoms with Crippen LogP contribution in [0.25, 0.3) is 28.7 Å². The molecule has 0 bridgehead atoms. The molecule has 0 saturated heterocycles. The highest BCUT2D eigenvalue weighted by molar-refractivity contribution is 5.66. The number of aromatic nitrogens is 5. The van der Waals surface area contributed by atoms with Gasteiger partial charge in [-0.25, -0.2) is 4.39 Å². The molecule has 4 aromatic rings. The highest BCUT2D eigenvalue weighted by atomic mass is 19.1. The van der Waals surface area contributed by atoms with E-state index in [-0.39, 0.29) is 17.4 Å². The van der Waals surface area contributed by atoms with Crippen molar-refractivity contribution in [3.63, 3.8) is 0 Å². The quantitative estimate of drug-likeness (QED) is 0.618. The maximum Gasteiger partial charge on any atom is 0.282 e. The summed E-state index contributed by atoms with van der Waals surface area (Å²) in [5, 5.41) is 11.9. The molecule has 25 heavy (non-hydrogen) atoms. The zero-order chi connectivity index (χ0) is 17.4. The zero-order valence-electron chi connectivity index (χ0n) is 13.2. The van der Waals surface area contributed by atoms with E-state index in [2.05, 4.69) is 20.5 Å². The molecule has 7 nitrogen and oxygen atoms in total. The van der Waals surface area contributed by atoms with Crippen molar-refractivity contribution in [1.29, 1.82) is 0 Å². The Morgan fingerprint density at radius 1 is 1.12 bits per heavy atom. The monoisotopic (exact) mass is 336 g/mol. The normalized spacial score (nSPS) is 11.0. The first-order valence-corrected chi connectivity index (χ1v) is 7.50. The number of nitrogens with two attached hydrogens (primary N) is 1. The molecule has 0 aliphatic heterocycles. The van der Waals surface area contributed by atoms with Crippen molar-refractivity contribution in [1.82, 2.24) is 25.1 Å². The molecule has 0 saturated carbocycles. The minimum atomic E-state index is -0.395. The first kappa shape index (κ1) is 15.0. The van der Waals surface area contributed by atoms with Crippen LogP contribution in [0.3, 0.4) is 0 Å². The molecule has 2 heterocycles. The third-order valence-electron chi connectivity index (χ3n) is 3.70. The van der Waals surface area contributed by atoms with Crippen LogP contribution in [0.4, 0.5) is 10.2 Å². The molecule has 0 unspecified atom stereocenters. The number of benzene rings is 2. The van der Waals surface area contributed by atoms with Gasteiger partial charge in [0.2, 0.25) is 5.82 Å². The predicted octanol–water partition coefficient (Wildman–Crippen LogP) is 3.01. The van der Waals surface area contributed by atoms with Gasteiger partial charge in [0, 0.05) is 5.56 Å². The lowest BCUT2D eigenvalue weighted by Gasteiger charge is -2.02. The number of halogens is 1. The van der Waals surface area contributed by atoms with Crippen LogP contribution in [0.2, 0.25) is 0 Å². The van der Waals surface area contributed by atoms with E-state index >= 15 is 0 Å². The van der Waals surface area contributed by atoms with Crippen molar-refractivity contribution in [3.05, 3.63) is 59.9 Å². The predicted molar refractivity (Wildman–Crippen MR) is 89.2 cm³/mol. The van der Waals surface area contributed by atoms with Crippen LogP contribution in [0.15, 0.2) is 53.1 Å². The lowest BCUT2D eigenvalue weighted by molar-refractivity contribution is 0.431. The third-order valence-corrected chi connectivity index (χ3v) is 3.70. The molecule has 0 aliphatic carbocycles. The van der Waals surface area contributed by atoms with Gasteiger partial charge in [-0.05, 0) is 25.1 Å². The number of nitrogens with zero attached hydrogens (tertiary/aromatic N) is 5. The van der Waals surface area contributed by atoms with E-state index in [1.807, 2.05) is 31.2 Å². The van der Waals surface area contributed by atoms with Gasteiger partial charge >= 0.3 is 0 Å². The first-order valence-electron chi connectivity index (χ1n) is 7.50. The molecule has 4 rings (SSSR count). The Labute approximate surface area is 141 Å². The summed E-state index contributed by atoms with van der Waals surface area (Å²) in [6.07, 6.45) is 0. The summed E-state index contributed by atoms with van der Waals surface area (Å²) in [7, 11) is 0. The van der Waals surface area contributed by atoms with Crippen molar-refractivity contribution < 1.29 is 8.91 Å². The first-order chi connectivity index (χ1) is 12.1. The summed E-state index contributed by atoms with van der Waals surface area (Å²) in [5.41, 5.74) is 8.72. The van der Waals surface area contributed by atoms with Gasteiger partial charge in [-0.2, -0.15) is 9.67 Å². The van der Waals surface area contributed by atoms with E-state index in [0.717, 1.165) is 11.1 Å². The second-order valence-corrected chi connectivity index (χ2v) is 5.50. The van der Waals surface area contributed by atoms with Gasteiger partial charge in [0.05, 0.1) is 5.69 Å². The smallest absolute Gasteiger partial charge is 0.282 e. The average Bonchev–Trinajstić information content (AvgIpc) is 3.22. The van der Waals surface area contributed by atoms with Crippen molar-refractivity contribution in [2.75, 3.05) is 5.73 Å². The highest BCUT2D eigenvalue weighted by Gasteiger charge is 2.19.